The molecular formula is C19H16O4S. The van der Waals surface area contributed by atoms with Crippen LogP contribution in [0.5, 0.6) is 11.5 Å². The van der Waals surface area contributed by atoms with E-state index in [1.807, 2.05) is 60.7 Å². The quantitative estimate of drug-likeness (QED) is 0.653. The monoisotopic (exact) mass is 340 g/mol. The van der Waals surface area contributed by atoms with Crippen molar-refractivity contribution in [1.82, 2.24) is 0 Å². The molecular weight excluding hydrogens is 324 g/mol. The third-order valence-corrected chi connectivity index (χ3v) is 4.62. The smallest absolute Gasteiger partial charge is 0.503 e. The van der Waals surface area contributed by atoms with Gasteiger partial charge in [-0.1, -0.05) is 60.7 Å². The van der Waals surface area contributed by atoms with Crippen LogP contribution in [0, 0.1) is 0 Å². The van der Waals surface area contributed by atoms with Gasteiger partial charge in [0.25, 0.3) is 0 Å². The number of benzene rings is 2. The summed E-state index contributed by atoms with van der Waals surface area (Å²) < 4.78 is 10.1. The normalized spacial score (nSPS) is 10.4. The lowest BCUT2D eigenvalue weighted by Crippen LogP contribution is -2.10. The minimum absolute atomic E-state index is 0.0573. The van der Waals surface area contributed by atoms with Crippen LogP contribution in [0.1, 0.15) is 6.92 Å². The minimum Gasteiger partial charge on any atom is -0.503 e. The zero-order valence-corrected chi connectivity index (χ0v) is 13.9. The van der Waals surface area contributed by atoms with E-state index in [0.29, 0.717) is 9.75 Å². The zero-order valence-electron chi connectivity index (χ0n) is 13.1. The molecule has 0 unspecified atom stereocenters. The molecule has 5 heteroatoms. The van der Waals surface area contributed by atoms with Gasteiger partial charge in [-0.15, -0.1) is 11.3 Å². The van der Waals surface area contributed by atoms with E-state index in [9.17, 15) is 9.90 Å². The predicted molar refractivity (Wildman–Crippen MR) is 94.5 cm³/mol. The number of carbonyl (C=O) groups is 1. The Bertz CT molecular complexity index is 825. The van der Waals surface area contributed by atoms with Gasteiger partial charge >= 0.3 is 6.16 Å². The molecule has 0 radical (unpaired) electrons. The number of thiophene rings is 1. The average Bonchev–Trinajstić information content (AvgIpc) is 2.93. The Balaban J connectivity index is 2.11. The number of aromatic hydroxyl groups is 1. The van der Waals surface area contributed by atoms with Crippen molar-refractivity contribution < 1.29 is 19.4 Å². The molecule has 122 valence electrons. The molecule has 0 fully saturated rings. The second-order valence-corrected chi connectivity index (χ2v) is 5.98. The second-order valence-electron chi connectivity index (χ2n) is 4.96. The van der Waals surface area contributed by atoms with Crippen LogP contribution in [0.4, 0.5) is 4.79 Å². The summed E-state index contributed by atoms with van der Waals surface area (Å²) in [4.78, 5) is 13.1. The summed E-state index contributed by atoms with van der Waals surface area (Å²) in [6, 6.07) is 19.0. The first-order valence-electron chi connectivity index (χ1n) is 7.52. The van der Waals surface area contributed by atoms with Crippen molar-refractivity contribution in [1.29, 1.82) is 0 Å². The van der Waals surface area contributed by atoms with Gasteiger partial charge in [-0.2, -0.15) is 0 Å². The van der Waals surface area contributed by atoms with Crippen molar-refractivity contribution in [3.63, 3.8) is 0 Å². The number of carbonyl (C=O) groups excluding carboxylic acids is 1. The van der Waals surface area contributed by atoms with Crippen LogP contribution in [0.25, 0.3) is 20.9 Å². The van der Waals surface area contributed by atoms with Gasteiger partial charge < -0.3 is 14.6 Å². The molecule has 0 atom stereocenters. The van der Waals surface area contributed by atoms with Crippen molar-refractivity contribution in [3.05, 3.63) is 60.7 Å². The molecule has 24 heavy (non-hydrogen) atoms. The van der Waals surface area contributed by atoms with Gasteiger partial charge in [0.15, 0.2) is 11.5 Å². The maximum absolute atomic E-state index is 11.7. The fourth-order valence-electron chi connectivity index (χ4n) is 2.30. The van der Waals surface area contributed by atoms with Crippen LogP contribution in [0.2, 0.25) is 0 Å². The van der Waals surface area contributed by atoms with E-state index >= 15 is 0 Å². The molecule has 0 spiro atoms. The van der Waals surface area contributed by atoms with E-state index in [4.69, 9.17) is 9.47 Å². The van der Waals surface area contributed by atoms with E-state index in [1.165, 1.54) is 11.3 Å². The molecule has 0 aliphatic rings. The van der Waals surface area contributed by atoms with Gasteiger partial charge in [0.05, 0.1) is 16.4 Å². The SMILES string of the molecule is CCOC(=O)Oc1c(-c2ccccc2)sc(-c2ccccc2)c1O. The fourth-order valence-corrected chi connectivity index (χ4v) is 3.43. The van der Waals surface area contributed by atoms with E-state index in [1.54, 1.807) is 6.92 Å². The molecule has 1 N–H and O–H groups in total. The first-order chi connectivity index (χ1) is 11.7. The summed E-state index contributed by atoms with van der Waals surface area (Å²) in [6.45, 7) is 1.90. The van der Waals surface area contributed by atoms with Crippen LogP contribution in [-0.4, -0.2) is 17.9 Å². The standard InChI is InChI=1S/C19H16O4S/c1-2-22-19(21)23-16-15(20)17(13-9-5-3-6-10-13)24-18(16)14-11-7-4-8-12-14/h3-12,20H,2H2,1H3. The molecule has 2 aromatic carbocycles. The highest BCUT2D eigenvalue weighted by Crippen LogP contribution is 2.51. The van der Waals surface area contributed by atoms with E-state index in [-0.39, 0.29) is 18.1 Å². The highest BCUT2D eigenvalue weighted by atomic mass is 32.1. The Labute approximate surface area is 143 Å². The third-order valence-electron chi connectivity index (χ3n) is 3.36. The van der Waals surface area contributed by atoms with Crippen molar-refractivity contribution in [3.8, 4) is 32.4 Å². The van der Waals surface area contributed by atoms with Crippen LogP contribution in [-0.2, 0) is 4.74 Å². The first kappa shape index (κ1) is 16.1. The summed E-state index contributed by atoms with van der Waals surface area (Å²) in [7, 11) is 0. The lowest BCUT2D eigenvalue weighted by atomic mass is 10.1. The number of hydrogen-bond donors (Lipinski definition) is 1. The van der Waals surface area contributed by atoms with Gasteiger partial charge in [-0.05, 0) is 18.1 Å². The maximum atomic E-state index is 11.7. The van der Waals surface area contributed by atoms with Gasteiger partial charge in [-0.25, -0.2) is 4.79 Å². The highest BCUT2D eigenvalue weighted by molar-refractivity contribution is 7.19. The van der Waals surface area contributed by atoms with Gasteiger partial charge in [0.1, 0.15) is 0 Å². The fraction of sp³-hybridized carbons (Fsp3) is 0.105. The summed E-state index contributed by atoms with van der Waals surface area (Å²) in [5, 5.41) is 10.6. The van der Waals surface area contributed by atoms with Crippen molar-refractivity contribution in [2.24, 2.45) is 0 Å². The topological polar surface area (TPSA) is 55.8 Å². The zero-order chi connectivity index (χ0) is 16.9. The van der Waals surface area contributed by atoms with Gasteiger partial charge in [-0.3, -0.25) is 0 Å². The van der Waals surface area contributed by atoms with Crippen LogP contribution in [0.3, 0.4) is 0 Å². The molecule has 1 aromatic heterocycles. The number of rotatable bonds is 4. The van der Waals surface area contributed by atoms with Crippen molar-refractivity contribution in [2.45, 2.75) is 6.92 Å². The van der Waals surface area contributed by atoms with Crippen molar-refractivity contribution >= 4 is 17.5 Å². The largest absolute Gasteiger partial charge is 0.514 e. The van der Waals surface area contributed by atoms with Crippen LogP contribution >= 0.6 is 11.3 Å². The molecule has 0 bridgehead atoms. The van der Waals surface area contributed by atoms with Gasteiger partial charge in [0.2, 0.25) is 0 Å². The third kappa shape index (κ3) is 3.26. The highest BCUT2D eigenvalue weighted by Gasteiger charge is 2.24. The maximum Gasteiger partial charge on any atom is 0.514 e. The molecule has 4 nitrogen and oxygen atoms in total. The van der Waals surface area contributed by atoms with E-state index < -0.39 is 6.16 Å². The van der Waals surface area contributed by atoms with E-state index in [2.05, 4.69) is 0 Å². The summed E-state index contributed by atoms with van der Waals surface area (Å²) >= 11 is 1.37. The minimum atomic E-state index is -0.831. The summed E-state index contributed by atoms with van der Waals surface area (Å²) in [5.74, 6) is 0.0709. The lowest BCUT2D eigenvalue weighted by molar-refractivity contribution is 0.103. The Morgan fingerprint density at radius 1 is 0.958 bits per heavy atom. The number of ether oxygens (including phenoxy) is 2. The molecule has 3 rings (SSSR count). The van der Waals surface area contributed by atoms with Gasteiger partial charge in [0, 0.05) is 0 Å². The molecule has 3 aromatic rings. The summed E-state index contributed by atoms with van der Waals surface area (Å²) in [5.41, 5.74) is 1.72. The number of hydrogen-bond acceptors (Lipinski definition) is 5. The average molecular weight is 340 g/mol. The predicted octanol–water partition coefficient (Wildman–Crippen LogP) is 5.32. The molecule has 0 amide bonds. The van der Waals surface area contributed by atoms with Crippen LogP contribution < -0.4 is 4.74 Å². The summed E-state index contributed by atoms with van der Waals surface area (Å²) in [6.07, 6.45) is -0.831. The molecule has 0 aliphatic carbocycles. The van der Waals surface area contributed by atoms with E-state index in [0.717, 1.165) is 11.1 Å². The van der Waals surface area contributed by atoms with Crippen molar-refractivity contribution in [2.75, 3.05) is 6.61 Å². The second kappa shape index (κ2) is 7.19. The Morgan fingerprint density at radius 2 is 1.50 bits per heavy atom. The lowest BCUT2D eigenvalue weighted by Gasteiger charge is -2.06. The molecule has 0 aliphatic heterocycles. The molecule has 1 heterocycles. The Hall–Kier alpha value is -2.79. The Kier molecular flexibility index (Phi) is 4.82. The first-order valence-corrected chi connectivity index (χ1v) is 8.33. The molecule has 0 saturated heterocycles. The Morgan fingerprint density at radius 3 is 2.04 bits per heavy atom. The van der Waals surface area contributed by atoms with Crippen LogP contribution in [0.15, 0.2) is 60.7 Å². The molecule has 0 saturated carbocycles.